The lowest BCUT2D eigenvalue weighted by atomic mass is 10.1. The first kappa shape index (κ1) is 18.8. The van der Waals surface area contributed by atoms with Gasteiger partial charge in [-0.3, -0.25) is 4.79 Å². The van der Waals surface area contributed by atoms with E-state index in [2.05, 4.69) is 5.32 Å². The van der Waals surface area contributed by atoms with Gasteiger partial charge in [-0.1, -0.05) is 24.3 Å². The third kappa shape index (κ3) is 5.24. The van der Waals surface area contributed by atoms with Crippen molar-refractivity contribution in [3.05, 3.63) is 64.7 Å². The number of benzene rings is 2. The van der Waals surface area contributed by atoms with Crippen molar-refractivity contribution < 1.29 is 22.7 Å². The van der Waals surface area contributed by atoms with Crippen molar-refractivity contribution in [1.82, 2.24) is 5.32 Å². The molecule has 1 atom stereocenters. The van der Waals surface area contributed by atoms with E-state index in [0.29, 0.717) is 11.3 Å². The molecular weight excluding hydrogens is 331 g/mol. The molecule has 2 rings (SSSR count). The number of nitrogens with one attached hydrogen (secondary N) is 1. The highest BCUT2D eigenvalue weighted by Gasteiger charge is 2.30. The average molecular weight is 351 g/mol. The summed E-state index contributed by atoms with van der Waals surface area (Å²) in [6.45, 7) is 5.37. The summed E-state index contributed by atoms with van der Waals surface area (Å²) in [7, 11) is 0. The number of alkyl halides is 3. The third-order valence-electron chi connectivity index (χ3n) is 3.82. The quantitative estimate of drug-likeness (QED) is 0.856. The molecule has 2 aromatic rings. The standard InChI is InChI=1S/C19H20F3NO2/c1-12-4-5-13(2)17(10-12)25-11-18(24)23-14(3)15-6-8-16(9-7-15)19(20,21)22/h4-10,14H,11H2,1-3H3,(H,23,24). The number of aryl methyl sites for hydroxylation is 2. The maximum Gasteiger partial charge on any atom is 0.416 e. The summed E-state index contributed by atoms with van der Waals surface area (Å²) in [4.78, 5) is 12.0. The van der Waals surface area contributed by atoms with E-state index in [1.165, 1.54) is 12.1 Å². The van der Waals surface area contributed by atoms with Crippen LogP contribution in [0.2, 0.25) is 0 Å². The predicted molar refractivity (Wildman–Crippen MR) is 89.4 cm³/mol. The van der Waals surface area contributed by atoms with Crippen LogP contribution in [0, 0.1) is 13.8 Å². The van der Waals surface area contributed by atoms with Gasteiger partial charge in [-0.15, -0.1) is 0 Å². The summed E-state index contributed by atoms with van der Waals surface area (Å²) in [6, 6.07) is 10.0. The molecule has 0 saturated carbocycles. The Morgan fingerprint density at radius 1 is 1.12 bits per heavy atom. The fourth-order valence-corrected chi connectivity index (χ4v) is 2.33. The molecule has 3 nitrogen and oxygen atoms in total. The summed E-state index contributed by atoms with van der Waals surface area (Å²) in [5, 5.41) is 2.71. The molecule has 0 radical (unpaired) electrons. The van der Waals surface area contributed by atoms with Crippen LogP contribution in [-0.4, -0.2) is 12.5 Å². The van der Waals surface area contributed by atoms with Gasteiger partial charge in [0.1, 0.15) is 5.75 Å². The van der Waals surface area contributed by atoms with Crippen molar-refractivity contribution in [2.24, 2.45) is 0 Å². The fourth-order valence-electron chi connectivity index (χ4n) is 2.33. The second-order valence-corrected chi connectivity index (χ2v) is 5.97. The topological polar surface area (TPSA) is 38.3 Å². The maximum absolute atomic E-state index is 12.6. The average Bonchev–Trinajstić information content (AvgIpc) is 2.55. The number of ether oxygens (including phenoxy) is 1. The molecule has 0 bridgehead atoms. The number of hydrogen-bond donors (Lipinski definition) is 1. The van der Waals surface area contributed by atoms with E-state index >= 15 is 0 Å². The normalized spacial score (nSPS) is 12.6. The lowest BCUT2D eigenvalue weighted by molar-refractivity contribution is -0.137. The van der Waals surface area contributed by atoms with Crippen LogP contribution >= 0.6 is 0 Å². The van der Waals surface area contributed by atoms with Gasteiger partial charge < -0.3 is 10.1 Å². The first-order chi connectivity index (χ1) is 11.7. The Hall–Kier alpha value is -2.50. The molecule has 0 aromatic heterocycles. The summed E-state index contributed by atoms with van der Waals surface area (Å²) in [6.07, 6.45) is -4.37. The summed E-state index contributed by atoms with van der Waals surface area (Å²) in [5.74, 6) is 0.297. The van der Waals surface area contributed by atoms with Gasteiger partial charge in [-0.05, 0) is 55.7 Å². The summed E-state index contributed by atoms with van der Waals surface area (Å²) >= 11 is 0. The van der Waals surface area contributed by atoms with Crippen LogP contribution in [0.25, 0.3) is 0 Å². The first-order valence-corrected chi connectivity index (χ1v) is 7.83. The van der Waals surface area contributed by atoms with Gasteiger partial charge in [-0.2, -0.15) is 13.2 Å². The predicted octanol–water partition coefficient (Wildman–Crippen LogP) is 4.58. The van der Waals surface area contributed by atoms with Crippen LogP contribution in [0.15, 0.2) is 42.5 Å². The number of rotatable bonds is 5. The van der Waals surface area contributed by atoms with Crippen molar-refractivity contribution in [2.75, 3.05) is 6.61 Å². The molecule has 1 N–H and O–H groups in total. The number of carbonyl (C=O) groups excluding carboxylic acids is 1. The third-order valence-corrected chi connectivity index (χ3v) is 3.82. The minimum absolute atomic E-state index is 0.157. The largest absolute Gasteiger partial charge is 0.483 e. The van der Waals surface area contributed by atoms with Crippen molar-refractivity contribution in [1.29, 1.82) is 0 Å². The molecule has 2 aromatic carbocycles. The van der Waals surface area contributed by atoms with Gasteiger partial charge in [0.05, 0.1) is 11.6 Å². The SMILES string of the molecule is Cc1ccc(C)c(OCC(=O)NC(C)c2ccc(C(F)(F)F)cc2)c1. The summed E-state index contributed by atoms with van der Waals surface area (Å²) in [5.41, 5.74) is 1.83. The number of amides is 1. The van der Waals surface area contributed by atoms with E-state index < -0.39 is 17.8 Å². The number of carbonyl (C=O) groups is 1. The van der Waals surface area contributed by atoms with Crippen molar-refractivity contribution in [3.8, 4) is 5.75 Å². The Balaban J connectivity index is 1.92. The van der Waals surface area contributed by atoms with E-state index in [-0.39, 0.29) is 12.5 Å². The molecule has 25 heavy (non-hydrogen) atoms. The van der Waals surface area contributed by atoms with Gasteiger partial charge in [0, 0.05) is 0 Å². The van der Waals surface area contributed by atoms with Crippen LogP contribution in [0.1, 0.15) is 35.2 Å². The van der Waals surface area contributed by atoms with Gasteiger partial charge in [0.25, 0.3) is 5.91 Å². The molecule has 0 aliphatic heterocycles. The van der Waals surface area contributed by atoms with Crippen molar-refractivity contribution >= 4 is 5.91 Å². The molecule has 0 heterocycles. The minimum atomic E-state index is -4.37. The molecule has 0 saturated heterocycles. The van der Waals surface area contributed by atoms with Crippen LogP contribution in [0.4, 0.5) is 13.2 Å². The zero-order valence-electron chi connectivity index (χ0n) is 14.3. The van der Waals surface area contributed by atoms with E-state index in [9.17, 15) is 18.0 Å². The summed E-state index contributed by atoms with van der Waals surface area (Å²) < 4.78 is 43.2. The second-order valence-electron chi connectivity index (χ2n) is 5.97. The highest BCUT2D eigenvalue weighted by atomic mass is 19.4. The molecule has 0 fully saturated rings. The Bertz CT molecular complexity index is 739. The van der Waals surface area contributed by atoms with Crippen molar-refractivity contribution in [2.45, 2.75) is 33.0 Å². The van der Waals surface area contributed by atoms with Gasteiger partial charge in [0.2, 0.25) is 0 Å². The lowest BCUT2D eigenvalue weighted by Crippen LogP contribution is -2.31. The Labute approximate surface area is 144 Å². The maximum atomic E-state index is 12.6. The molecule has 1 unspecified atom stereocenters. The fraction of sp³-hybridized carbons (Fsp3) is 0.316. The molecular formula is C19H20F3NO2. The van der Waals surface area contributed by atoms with E-state index in [0.717, 1.165) is 23.3 Å². The molecule has 134 valence electrons. The first-order valence-electron chi connectivity index (χ1n) is 7.83. The molecule has 0 aliphatic carbocycles. The Morgan fingerprint density at radius 3 is 2.36 bits per heavy atom. The minimum Gasteiger partial charge on any atom is -0.483 e. The molecule has 1 amide bonds. The van der Waals surface area contributed by atoms with Crippen LogP contribution in [-0.2, 0) is 11.0 Å². The Kier molecular flexibility index (Phi) is 5.72. The highest BCUT2D eigenvalue weighted by molar-refractivity contribution is 5.78. The second kappa shape index (κ2) is 7.59. The monoisotopic (exact) mass is 351 g/mol. The van der Waals surface area contributed by atoms with E-state index in [4.69, 9.17) is 4.74 Å². The number of hydrogen-bond acceptors (Lipinski definition) is 2. The van der Waals surface area contributed by atoms with Gasteiger partial charge >= 0.3 is 6.18 Å². The van der Waals surface area contributed by atoms with E-state index in [1.54, 1.807) is 6.92 Å². The molecule has 0 spiro atoms. The van der Waals surface area contributed by atoms with Crippen LogP contribution in [0.3, 0.4) is 0 Å². The highest BCUT2D eigenvalue weighted by Crippen LogP contribution is 2.29. The van der Waals surface area contributed by atoms with Crippen LogP contribution < -0.4 is 10.1 Å². The van der Waals surface area contributed by atoms with E-state index in [1.807, 2.05) is 32.0 Å². The Morgan fingerprint density at radius 2 is 1.76 bits per heavy atom. The smallest absolute Gasteiger partial charge is 0.416 e. The zero-order chi connectivity index (χ0) is 18.6. The van der Waals surface area contributed by atoms with Crippen LogP contribution in [0.5, 0.6) is 5.75 Å². The van der Waals surface area contributed by atoms with Gasteiger partial charge in [-0.25, -0.2) is 0 Å². The zero-order valence-corrected chi connectivity index (χ0v) is 14.3. The van der Waals surface area contributed by atoms with Gasteiger partial charge in [0.15, 0.2) is 6.61 Å². The number of halogens is 3. The molecule has 6 heteroatoms. The lowest BCUT2D eigenvalue weighted by Gasteiger charge is -2.16. The van der Waals surface area contributed by atoms with Crippen molar-refractivity contribution in [3.63, 3.8) is 0 Å². The molecule has 0 aliphatic rings.